The molecule has 1 amide bonds. The SMILES string of the molecule is CCn1nc(C(=O)N2CCOCC2)c2c1CC[C@H](NCc1nc(-c3ccccc3)cs1)C2. The summed E-state index contributed by atoms with van der Waals surface area (Å²) in [6.07, 6.45) is 2.82. The molecule has 1 fully saturated rings. The van der Waals surface area contributed by atoms with Crippen molar-refractivity contribution in [3.8, 4) is 11.3 Å². The summed E-state index contributed by atoms with van der Waals surface area (Å²) in [6.45, 7) is 6.11. The summed E-state index contributed by atoms with van der Waals surface area (Å²) in [6, 6.07) is 10.6. The van der Waals surface area contributed by atoms with Crippen molar-refractivity contribution in [2.75, 3.05) is 26.3 Å². The molecule has 1 saturated heterocycles. The molecule has 168 valence electrons. The largest absolute Gasteiger partial charge is 0.378 e. The third kappa shape index (κ3) is 4.35. The fraction of sp³-hybridized carbons (Fsp3) is 0.458. The van der Waals surface area contributed by atoms with Crippen molar-refractivity contribution in [2.24, 2.45) is 0 Å². The van der Waals surface area contributed by atoms with Gasteiger partial charge >= 0.3 is 0 Å². The van der Waals surface area contributed by atoms with Gasteiger partial charge in [-0.2, -0.15) is 5.10 Å². The van der Waals surface area contributed by atoms with Crippen molar-refractivity contribution >= 4 is 17.2 Å². The van der Waals surface area contributed by atoms with E-state index in [0.717, 1.165) is 54.2 Å². The number of ether oxygens (including phenoxy) is 1. The van der Waals surface area contributed by atoms with Crippen LogP contribution in [-0.4, -0.2) is 57.9 Å². The smallest absolute Gasteiger partial charge is 0.274 e. The topological polar surface area (TPSA) is 72.3 Å². The quantitative estimate of drug-likeness (QED) is 0.623. The van der Waals surface area contributed by atoms with E-state index >= 15 is 0 Å². The molecule has 3 aromatic rings. The van der Waals surface area contributed by atoms with Gasteiger partial charge in [0.15, 0.2) is 5.69 Å². The summed E-state index contributed by atoms with van der Waals surface area (Å²) < 4.78 is 7.43. The van der Waals surface area contributed by atoms with Crippen LogP contribution in [0, 0.1) is 0 Å². The molecule has 1 aliphatic heterocycles. The van der Waals surface area contributed by atoms with Crippen molar-refractivity contribution in [1.82, 2.24) is 25.0 Å². The molecule has 0 spiro atoms. The highest BCUT2D eigenvalue weighted by Crippen LogP contribution is 2.27. The minimum atomic E-state index is 0.0461. The molecule has 1 aliphatic carbocycles. The molecule has 32 heavy (non-hydrogen) atoms. The number of carbonyl (C=O) groups excluding carboxylic acids is 1. The van der Waals surface area contributed by atoms with Gasteiger partial charge in [-0.3, -0.25) is 9.48 Å². The highest BCUT2D eigenvalue weighted by atomic mass is 32.1. The van der Waals surface area contributed by atoms with Gasteiger partial charge in [0.2, 0.25) is 0 Å². The molecule has 1 aromatic carbocycles. The molecular formula is C24H29N5O2S. The molecule has 3 heterocycles. The second kappa shape index (κ2) is 9.52. The Morgan fingerprint density at radius 3 is 2.84 bits per heavy atom. The van der Waals surface area contributed by atoms with Crippen LogP contribution in [0.25, 0.3) is 11.3 Å². The van der Waals surface area contributed by atoms with Gasteiger partial charge in [0.1, 0.15) is 5.01 Å². The van der Waals surface area contributed by atoms with Crippen LogP contribution < -0.4 is 5.32 Å². The summed E-state index contributed by atoms with van der Waals surface area (Å²) in [5.74, 6) is 0.0461. The lowest BCUT2D eigenvalue weighted by molar-refractivity contribution is 0.0297. The number of nitrogens with one attached hydrogen (secondary N) is 1. The van der Waals surface area contributed by atoms with E-state index in [1.165, 1.54) is 5.69 Å². The van der Waals surface area contributed by atoms with Crippen LogP contribution in [0.1, 0.15) is 40.1 Å². The summed E-state index contributed by atoms with van der Waals surface area (Å²) in [5.41, 5.74) is 5.16. The van der Waals surface area contributed by atoms with Crippen molar-refractivity contribution in [1.29, 1.82) is 0 Å². The third-order valence-electron chi connectivity index (χ3n) is 6.31. The second-order valence-corrected chi connectivity index (χ2v) is 9.25. The number of aryl methyl sites for hydroxylation is 1. The van der Waals surface area contributed by atoms with E-state index in [1.54, 1.807) is 11.3 Å². The van der Waals surface area contributed by atoms with Gasteiger partial charge in [-0.15, -0.1) is 11.3 Å². The standard InChI is InChI=1S/C24H29N5O2S/c1-2-29-21-9-8-18(14-19(21)23(27-29)24(30)28-10-12-31-13-11-28)25-15-22-26-20(16-32-22)17-6-4-3-5-7-17/h3-7,16,18,25H,2,8-15H2,1H3/t18-/m0/s1. The Bertz CT molecular complexity index is 1070. The molecule has 5 rings (SSSR count). The van der Waals surface area contributed by atoms with Crippen LogP contribution in [-0.2, 0) is 30.7 Å². The maximum absolute atomic E-state index is 13.2. The number of rotatable bonds is 6. The van der Waals surface area contributed by atoms with Crippen LogP contribution in [0.2, 0.25) is 0 Å². The minimum absolute atomic E-state index is 0.0461. The van der Waals surface area contributed by atoms with Gasteiger partial charge in [-0.1, -0.05) is 30.3 Å². The molecule has 1 N–H and O–H groups in total. The van der Waals surface area contributed by atoms with Gasteiger partial charge in [0.25, 0.3) is 5.91 Å². The molecule has 0 unspecified atom stereocenters. The number of carbonyl (C=O) groups is 1. The zero-order chi connectivity index (χ0) is 21.9. The summed E-state index contributed by atoms with van der Waals surface area (Å²) >= 11 is 1.69. The lowest BCUT2D eigenvalue weighted by atomic mass is 9.91. The summed E-state index contributed by atoms with van der Waals surface area (Å²) in [5, 5.41) is 11.6. The Labute approximate surface area is 192 Å². The zero-order valence-electron chi connectivity index (χ0n) is 18.4. The molecule has 2 aliphatic rings. The Morgan fingerprint density at radius 2 is 2.06 bits per heavy atom. The van der Waals surface area contributed by atoms with Gasteiger partial charge in [-0.25, -0.2) is 4.98 Å². The van der Waals surface area contributed by atoms with E-state index in [9.17, 15) is 4.79 Å². The summed E-state index contributed by atoms with van der Waals surface area (Å²) in [4.78, 5) is 19.9. The van der Waals surface area contributed by atoms with E-state index in [4.69, 9.17) is 14.8 Å². The predicted molar refractivity (Wildman–Crippen MR) is 125 cm³/mol. The van der Waals surface area contributed by atoms with Gasteiger partial charge in [-0.05, 0) is 26.2 Å². The maximum atomic E-state index is 13.2. The first-order valence-corrected chi connectivity index (χ1v) is 12.3. The number of aromatic nitrogens is 3. The monoisotopic (exact) mass is 451 g/mol. The molecular weight excluding hydrogens is 422 g/mol. The fourth-order valence-electron chi connectivity index (χ4n) is 4.58. The number of hydrogen-bond donors (Lipinski definition) is 1. The van der Waals surface area contributed by atoms with Crippen LogP contribution in [0.3, 0.4) is 0 Å². The molecule has 0 radical (unpaired) electrons. The number of thiazole rings is 1. The van der Waals surface area contributed by atoms with E-state index in [2.05, 4.69) is 29.8 Å². The number of nitrogens with zero attached hydrogens (tertiary/aromatic N) is 4. The first-order valence-electron chi connectivity index (χ1n) is 11.4. The Kier molecular flexibility index (Phi) is 6.34. The highest BCUT2D eigenvalue weighted by molar-refractivity contribution is 7.09. The highest BCUT2D eigenvalue weighted by Gasteiger charge is 2.31. The van der Waals surface area contributed by atoms with Gasteiger partial charge in [0.05, 0.1) is 18.9 Å². The predicted octanol–water partition coefficient (Wildman–Crippen LogP) is 3.15. The number of fused-ring (bicyclic) bond motifs is 1. The average Bonchev–Trinajstić information content (AvgIpc) is 3.48. The van der Waals surface area contributed by atoms with Crippen LogP contribution >= 0.6 is 11.3 Å². The molecule has 0 bridgehead atoms. The Balaban J connectivity index is 1.27. The minimum Gasteiger partial charge on any atom is -0.378 e. The lowest BCUT2D eigenvalue weighted by Gasteiger charge is -2.27. The van der Waals surface area contributed by atoms with Crippen molar-refractivity contribution < 1.29 is 9.53 Å². The molecule has 8 heteroatoms. The number of amides is 1. The van der Waals surface area contributed by atoms with Crippen LogP contribution in [0.5, 0.6) is 0 Å². The second-order valence-electron chi connectivity index (χ2n) is 8.31. The first kappa shape index (κ1) is 21.3. The molecule has 0 saturated carbocycles. The molecule has 2 aromatic heterocycles. The Morgan fingerprint density at radius 1 is 1.25 bits per heavy atom. The third-order valence-corrected chi connectivity index (χ3v) is 7.16. The average molecular weight is 452 g/mol. The normalized spacial score (nSPS) is 18.5. The first-order chi connectivity index (χ1) is 15.7. The fourth-order valence-corrected chi connectivity index (χ4v) is 5.33. The zero-order valence-corrected chi connectivity index (χ0v) is 19.2. The van der Waals surface area contributed by atoms with Gasteiger partial charge < -0.3 is 15.0 Å². The number of benzene rings is 1. The van der Waals surface area contributed by atoms with E-state index in [1.807, 2.05) is 27.8 Å². The van der Waals surface area contributed by atoms with E-state index in [0.29, 0.717) is 38.0 Å². The molecule has 1 atom stereocenters. The maximum Gasteiger partial charge on any atom is 0.274 e. The van der Waals surface area contributed by atoms with Crippen molar-refractivity contribution in [2.45, 2.75) is 45.3 Å². The van der Waals surface area contributed by atoms with E-state index < -0.39 is 0 Å². The Hall–Kier alpha value is -2.55. The van der Waals surface area contributed by atoms with Crippen molar-refractivity contribution in [3.63, 3.8) is 0 Å². The lowest BCUT2D eigenvalue weighted by Crippen LogP contribution is -2.41. The van der Waals surface area contributed by atoms with E-state index in [-0.39, 0.29) is 5.91 Å². The van der Waals surface area contributed by atoms with Crippen molar-refractivity contribution in [3.05, 3.63) is 57.7 Å². The number of morpholine rings is 1. The number of hydrogen-bond acceptors (Lipinski definition) is 6. The van der Waals surface area contributed by atoms with Crippen LogP contribution in [0.4, 0.5) is 0 Å². The summed E-state index contributed by atoms with van der Waals surface area (Å²) in [7, 11) is 0. The molecule has 7 nitrogen and oxygen atoms in total. The van der Waals surface area contributed by atoms with Gasteiger partial charge in [0, 0.05) is 54.4 Å². The van der Waals surface area contributed by atoms with Crippen LogP contribution in [0.15, 0.2) is 35.7 Å².